The molecule has 0 aliphatic carbocycles. The lowest BCUT2D eigenvalue weighted by Gasteiger charge is -2.06. The van der Waals surface area contributed by atoms with Gasteiger partial charge in [-0.2, -0.15) is 0 Å². The highest BCUT2D eigenvalue weighted by Gasteiger charge is 2.07. The summed E-state index contributed by atoms with van der Waals surface area (Å²) in [7, 11) is 0. The smallest absolute Gasteiger partial charge is 0.338 e. The molecule has 0 spiro atoms. The molecule has 1 aromatic rings. The number of allylic oxidation sites excluding steroid dienone is 1. The van der Waals surface area contributed by atoms with Crippen LogP contribution in [0.25, 0.3) is 5.57 Å². The summed E-state index contributed by atoms with van der Waals surface area (Å²) in [4.78, 5) is 22.3. The van der Waals surface area contributed by atoms with E-state index in [0.717, 1.165) is 11.1 Å². The van der Waals surface area contributed by atoms with Crippen molar-refractivity contribution in [3.63, 3.8) is 0 Å². The third kappa shape index (κ3) is 4.17. The van der Waals surface area contributed by atoms with Gasteiger partial charge in [0, 0.05) is 6.42 Å². The summed E-state index contributed by atoms with van der Waals surface area (Å²) < 4.78 is 4.90. The molecule has 1 rings (SSSR count). The van der Waals surface area contributed by atoms with Gasteiger partial charge < -0.3 is 9.53 Å². The van der Waals surface area contributed by atoms with Gasteiger partial charge in [-0.3, -0.25) is 0 Å². The van der Waals surface area contributed by atoms with Crippen LogP contribution in [0.5, 0.6) is 0 Å². The first-order valence-corrected chi connectivity index (χ1v) is 5.99. The molecule has 1 aromatic carbocycles. The third-order valence-electron chi connectivity index (χ3n) is 2.58. The zero-order valence-electron chi connectivity index (χ0n) is 10.9. The molecule has 0 N–H and O–H groups in total. The van der Waals surface area contributed by atoms with Gasteiger partial charge in [0.15, 0.2) is 0 Å². The maximum Gasteiger partial charge on any atom is 0.338 e. The van der Waals surface area contributed by atoms with Crippen LogP contribution in [-0.4, -0.2) is 18.4 Å². The molecular formula is C15H18O3. The third-order valence-corrected chi connectivity index (χ3v) is 2.58. The van der Waals surface area contributed by atoms with Crippen molar-refractivity contribution in [1.82, 2.24) is 0 Å². The lowest BCUT2D eigenvalue weighted by atomic mass is 10.0. The molecule has 0 saturated carbocycles. The fourth-order valence-electron chi connectivity index (χ4n) is 1.53. The van der Waals surface area contributed by atoms with E-state index >= 15 is 0 Å². The summed E-state index contributed by atoms with van der Waals surface area (Å²) >= 11 is 0. The predicted octanol–water partition coefficient (Wildman–Crippen LogP) is 3.25. The van der Waals surface area contributed by atoms with Gasteiger partial charge >= 0.3 is 5.97 Å². The molecule has 3 heteroatoms. The predicted molar refractivity (Wildman–Crippen MR) is 71.3 cm³/mol. The molecule has 0 aliphatic rings. The Bertz CT molecular complexity index is 443. The number of esters is 1. The molecule has 0 saturated heterocycles. The average molecular weight is 246 g/mol. The Morgan fingerprint density at radius 3 is 2.17 bits per heavy atom. The number of hydrogen-bond donors (Lipinski definition) is 0. The number of hydrogen-bond acceptors (Lipinski definition) is 3. The van der Waals surface area contributed by atoms with Gasteiger partial charge in [0.1, 0.15) is 5.78 Å². The van der Waals surface area contributed by atoms with Crippen LogP contribution in [0.4, 0.5) is 0 Å². The number of ether oxygens (including phenoxy) is 1. The fourth-order valence-corrected chi connectivity index (χ4v) is 1.53. The van der Waals surface area contributed by atoms with Crippen molar-refractivity contribution in [2.45, 2.75) is 26.7 Å². The van der Waals surface area contributed by atoms with Crippen molar-refractivity contribution in [3.8, 4) is 0 Å². The van der Waals surface area contributed by atoms with Crippen LogP contribution in [0.15, 0.2) is 30.8 Å². The summed E-state index contributed by atoms with van der Waals surface area (Å²) in [6.45, 7) is 7.65. The monoisotopic (exact) mass is 246 g/mol. The van der Waals surface area contributed by atoms with E-state index in [1.807, 2.05) is 12.1 Å². The van der Waals surface area contributed by atoms with Crippen molar-refractivity contribution in [2.24, 2.45) is 0 Å². The van der Waals surface area contributed by atoms with Crippen molar-refractivity contribution in [1.29, 1.82) is 0 Å². The second-order valence-electron chi connectivity index (χ2n) is 4.10. The van der Waals surface area contributed by atoms with Crippen molar-refractivity contribution >= 4 is 17.3 Å². The molecule has 0 aromatic heterocycles. The summed E-state index contributed by atoms with van der Waals surface area (Å²) in [5, 5.41) is 0. The van der Waals surface area contributed by atoms with Gasteiger partial charge in [0.2, 0.25) is 0 Å². The maximum atomic E-state index is 11.5. The summed E-state index contributed by atoms with van der Waals surface area (Å²) in [5.74, 6) is -0.169. The van der Waals surface area contributed by atoms with Gasteiger partial charge in [0.25, 0.3) is 0 Å². The van der Waals surface area contributed by atoms with Crippen LogP contribution in [0.2, 0.25) is 0 Å². The highest BCUT2D eigenvalue weighted by Crippen LogP contribution is 2.18. The number of Topliss-reactive ketones (excluding diaryl/α,β-unsaturated/α-hetero) is 1. The highest BCUT2D eigenvalue weighted by molar-refractivity contribution is 5.89. The second kappa shape index (κ2) is 6.74. The first-order chi connectivity index (χ1) is 8.54. The van der Waals surface area contributed by atoms with Crippen molar-refractivity contribution in [3.05, 3.63) is 42.0 Å². The Labute approximate surface area is 107 Å². The first-order valence-electron chi connectivity index (χ1n) is 5.99. The maximum absolute atomic E-state index is 11.5. The van der Waals surface area contributed by atoms with Gasteiger partial charge in [-0.15, -0.1) is 0 Å². The molecule has 3 nitrogen and oxygen atoms in total. The van der Waals surface area contributed by atoms with E-state index in [9.17, 15) is 9.59 Å². The molecule has 0 unspecified atom stereocenters. The van der Waals surface area contributed by atoms with E-state index < -0.39 is 0 Å². The van der Waals surface area contributed by atoms with E-state index in [-0.39, 0.29) is 11.8 Å². The Morgan fingerprint density at radius 1 is 1.11 bits per heavy atom. The van der Waals surface area contributed by atoms with Crippen LogP contribution >= 0.6 is 0 Å². The molecule has 96 valence electrons. The minimum Gasteiger partial charge on any atom is -0.462 e. The minimum absolute atomic E-state index is 0.152. The van der Waals surface area contributed by atoms with Crippen LogP contribution in [0, 0.1) is 0 Å². The van der Waals surface area contributed by atoms with Crippen LogP contribution in [-0.2, 0) is 9.53 Å². The molecule has 0 fully saturated rings. The van der Waals surface area contributed by atoms with E-state index in [1.54, 1.807) is 26.0 Å². The summed E-state index contributed by atoms with van der Waals surface area (Å²) in [6, 6.07) is 7.09. The number of carbonyl (C=O) groups excluding carboxylic acids is 2. The lowest BCUT2D eigenvalue weighted by molar-refractivity contribution is -0.116. The molecule has 0 heterocycles. The number of carbonyl (C=O) groups is 2. The Hall–Kier alpha value is -1.90. The van der Waals surface area contributed by atoms with E-state index in [1.165, 1.54) is 0 Å². The molecule has 0 bridgehead atoms. The average Bonchev–Trinajstić information content (AvgIpc) is 2.36. The molecule has 0 atom stereocenters. The van der Waals surface area contributed by atoms with Gasteiger partial charge in [-0.05, 0) is 43.5 Å². The van der Waals surface area contributed by atoms with Crippen LogP contribution in [0.1, 0.15) is 42.6 Å². The van der Waals surface area contributed by atoms with Crippen molar-refractivity contribution in [2.75, 3.05) is 6.61 Å². The van der Waals surface area contributed by atoms with E-state index in [4.69, 9.17) is 4.74 Å². The second-order valence-corrected chi connectivity index (χ2v) is 4.10. The summed E-state index contributed by atoms with van der Waals surface area (Å²) in [5.41, 5.74) is 2.38. The quantitative estimate of drug-likeness (QED) is 0.724. The highest BCUT2D eigenvalue weighted by atomic mass is 16.5. The van der Waals surface area contributed by atoms with Crippen LogP contribution < -0.4 is 0 Å². The SMILES string of the molecule is C=C(CCC(C)=O)c1ccc(C(=O)OCC)cc1. The Balaban J connectivity index is 2.67. The molecule has 18 heavy (non-hydrogen) atoms. The largest absolute Gasteiger partial charge is 0.462 e. The zero-order chi connectivity index (χ0) is 13.5. The lowest BCUT2D eigenvalue weighted by Crippen LogP contribution is -2.04. The van der Waals surface area contributed by atoms with Gasteiger partial charge in [-0.25, -0.2) is 4.79 Å². The Morgan fingerprint density at radius 2 is 1.67 bits per heavy atom. The molecule has 0 radical (unpaired) electrons. The summed E-state index contributed by atoms with van der Waals surface area (Å²) in [6.07, 6.45) is 1.15. The Kier molecular flexibility index (Phi) is 5.31. The molecular weight excluding hydrogens is 228 g/mol. The number of benzene rings is 1. The number of rotatable bonds is 6. The fraction of sp³-hybridized carbons (Fsp3) is 0.333. The van der Waals surface area contributed by atoms with E-state index in [2.05, 4.69) is 6.58 Å². The molecule has 0 amide bonds. The van der Waals surface area contributed by atoms with Gasteiger partial charge in [-0.1, -0.05) is 18.7 Å². The van der Waals surface area contributed by atoms with Crippen LogP contribution in [0.3, 0.4) is 0 Å². The zero-order valence-corrected chi connectivity index (χ0v) is 10.9. The topological polar surface area (TPSA) is 43.4 Å². The normalized spacial score (nSPS) is 9.89. The standard InChI is InChI=1S/C15H18O3/c1-4-18-15(17)14-9-7-13(8-10-14)11(2)5-6-12(3)16/h7-10H,2,4-6H2,1,3H3. The molecule has 0 aliphatic heterocycles. The minimum atomic E-state index is -0.321. The first kappa shape index (κ1) is 14.2. The van der Waals surface area contributed by atoms with Gasteiger partial charge in [0.05, 0.1) is 12.2 Å². The van der Waals surface area contributed by atoms with E-state index in [0.29, 0.717) is 25.0 Å². The van der Waals surface area contributed by atoms with Crippen molar-refractivity contribution < 1.29 is 14.3 Å². The number of ketones is 1.